The maximum absolute atomic E-state index is 13.1. The lowest BCUT2D eigenvalue weighted by Crippen LogP contribution is -2.37. The minimum absolute atomic E-state index is 0.0369. The molecule has 0 aliphatic carbocycles. The van der Waals surface area contributed by atoms with Crippen LogP contribution in [0.25, 0.3) is 0 Å². The van der Waals surface area contributed by atoms with Crippen LogP contribution < -0.4 is 14.4 Å². The van der Waals surface area contributed by atoms with Crippen LogP contribution in [-0.2, 0) is 14.3 Å². The quantitative estimate of drug-likeness (QED) is 0.733. The molecule has 6 nitrogen and oxygen atoms in total. The molecular weight excluding hydrogens is 382 g/mol. The average molecular weight is 400 g/mol. The van der Waals surface area contributed by atoms with E-state index in [2.05, 4.69) is 0 Å². The van der Waals surface area contributed by atoms with Gasteiger partial charge in [-0.25, -0.2) is 4.79 Å². The Morgan fingerprint density at radius 3 is 2.61 bits per heavy atom. The third-order valence-corrected chi connectivity index (χ3v) is 5.23. The van der Waals surface area contributed by atoms with E-state index in [9.17, 15) is 9.59 Å². The van der Waals surface area contributed by atoms with E-state index >= 15 is 0 Å². The molecule has 2 aromatic carbocycles. The van der Waals surface area contributed by atoms with Crippen molar-refractivity contribution in [2.45, 2.75) is 12.3 Å². The number of carbonyl (C=O) groups excluding carboxylic acids is 2. The predicted octanol–water partition coefficient (Wildman–Crippen LogP) is 3.69. The smallest absolute Gasteiger partial charge is 0.336 e. The normalized spacial score (nSPS) is 18.8. The lowest BCUT2D eigenvalue weighted by molar-refractivity contribution is -0.136. The van der Waals surface area contributed by atoms with Crippen molar-refractivity contribution in [3.8, 4) is 11.5 Å². The minimum Gasteiger partial charge on any atom is -0.493 e. The molecule has 28 heavy (non-hydrogen) atoms. The number of cyclic esters (lactones) is 1. The number of halogens is 1. The molecular formula is C21H18ClNO5. The van der Waals surface area contributed by atoms with Crippen molar-refractivity contribution >= 4 is 29.2 Å². The monoisotopic (exact) mass is 399 g/mol. The summed E-state index contributed by atoms with van der Waals surface area (Å²) in [4.78, 5) is 27.2. The second kappa shape index (κ2) is 7.20. The zero-order valence-corrected chi connectivity index (χ0v) is 16.2. The summed E-state index contributed by atoms with van der Waals surface area (Å²) in [6.45, 7) is 0.0369. The molecule has 1 amide bonds. The molecule has 0 saturated carbocycles. The minimum atomic E-state index is -0.474. The van der Waals surface area contributed by atoms with Gasteiger partial charge < -0.3 is 14.2 Å². The van der Waals surface area contributed by atoms with E-state index in [0.717, 1.165) is 0 Å². The fraction of sp³-hybridized carbons (Fsp3) is 0.238. The first kappa shape index (κ1) is 18.4. The average Bonchev–Trinajstić information content (AvgIpc) is 3.08. The van der Waals surface area contributed by atoms with E-state index in [0.29, 0.717) is 39.0 Å². The molecule has 0 bridgehead atoms. The van der Waals surface area contributed by atoms with Crippen LogP contribution in [-0.4, -0.2) is 32.7 Å². The highest BCUT2D eigenvalue weighted by Gasteiger charge is 2.44. The summed E-state index contributed by atoms with van der Waals surface area (Å²) >= 11 is 6.10. The zero-order valence-electron chi connectivity index (χ0n) is 15.4. The highest BCUT2D eigenvalue weighted by atomic mass is 35.5. The SMILES string of the molecule is COc1cccc(C2CC(=O)N(c3cccc(Cl)c3)C3=C2C(=O)OC3)c1OC. The molecule has 0 radical (unpaired) electrons. The van der Waals surface area contributed by atoms with Gasteiger partial charge in [0, 0.05) is 22.9 Å². The largest absolute Gasteiger partial charge is 0.493 e. The lowest BCUT2D eigenvalue weighted by atomic mass is 9.83. The first-order valence-corrected chi connectivity index (χ1v) is 9.12. The standard InChI is InChI=1S/C21H18ClNO5/c1-26-17-8-4-7-14(20(17)27-2)15-10-18(24)23(13-6-3-5-12(22)9-13)16-11-28-21(25)19(15)16/h3-9,15H,10-11H2,1-2H3. The second-order valence-corrected chi connectivity index (χ2v) is 6.92. The molecule has 2 aliphatic heterocycles. The van der Waals surface area contributed by atoms with Gasteiger partial charge in [0.2, 0.25) is 5.91 Å². The van der Waals surface area contributed by atoms with Gasteiger partial charge in [0.15, 0.2) is 11.5 Å². The fourth-order valence-electron chi connectivity index (χ4n) is 3.82. The molecule has 7 heteroatoms. The maximum Gasteiger partial charge on any atom is 0.336 e. The van der Waals surface area contributed by atoms with E-state index in [-0.39, 0.29) is 18.9 Å². The highest BCUT2D eigenvalue weighted by molar-refractivity contribution is 6.31. The summed E-state index contributed by atoms with van der Waals surface area (Å²) in [7, 11) is 3.08. The molecule has 2 heterocycles. The number of hydrogen-bond acceptors (Lipinski definition) is 5. The van der Waals surface area contributed by atoms with Gasteiger partial charge in [-0.3, -0.25) is 9.69 Å². The van der Waals surface area contributed by atoms with Gasteiger partial charge in [-0.15, -0.1) is 0 Å². The van der Waals surface area contributed by atoms with Crippen LogP contribution in [0, 0.1) is 0 Å². The van der Waals surface area contributed by atoms with Crippen LogP contribution in [0.4, 0.5) is 5.69 Å². The molecule has 144 valence electrons. The molecule has 4 rings (SSSR count). The number of anilines is 1. The van der Waals surface area contributed by atoms with Crippen molar-refractivity contribution in [2.24, 2.45) is 0 Å². The first-order chi connectivity index (χ1) is 13.5. The molecule has 2 aliphatic rings. The third-order valence-electron chi connectivity index (χ3n) is 4.99. The van der Waals surface area contributed by atoms with Crippen molar-refractivity contribution in [2.75, 3.05) is 25.7 Å². The summed E-state index contributed by atoms with van der Waals surface area (Å²) in [5.41, 5.74) is 2.33. The van der Waals surface area contributed by atoms with Crippen molar-refractivity contribution in [3.63, 3.8) is 0 Å². The zero-order chi connectivity index (χ0) is 19.8. The van der Waals surface area contributed by atoms with Crippen LogP contribution in [0.15, 0.2) is 53.7 Å². The maximum atomic E-state index is 13.1. The van der Waals surface area contributed by atoms with Gasteiger partial charge in [-0.05, 0) is 24.3 Å². The molecule has 0 spiro atoms. The fourth-order valence-corrected chi connectivity index (χ4v) is 4.01. The van der Waals surface area contributed by atoms with Crippen LogP contribution in [0.5, 0.6) is 11.5 Å². The van der Waals surface area contributed by atoms with Crippen molar-refractivity contribution in [1.82, 2.24) is 0 Å². The number of carbonyl (C=O) groups is 2. The Hall–Kier alpha value is -2.99. The summed E-state index contributed by atoms with van der Waals surface area (Å²) in [5.74, 6) is 0.000337. The number of rotatable bonds is 4. The number of ether oxygens (including phenoxy) is 3. The van der Waals surface area contributed by atoms with Gasteiger partial charge in [-0.1, -0.05) is 29.8 Å². The van der Waals surface area contributed by atoms with Gasteiger partial charge >= 0.3 is 5.97 Å². The number of amides is 1. The van der Waals surface area contributed by atoms with Crippen LogP contribution in [0.1, 0.15) is 17.9 Å². The topological polar surface area (TPSA) is 65.1 Å². The highest BCUT2D eigenvalue weighted by Crippen LogP contribution is 2.46. The number of hydrogen-bond donors (Lipinski definition) is 0. The Kier molecular flexibility index (Phi) is 4.73. The summed E-state index contributed by atoms with van der Waals surface area (Å²) < 4.78 is 16.2. The van der Waals surface area contributed by atoms with Crippen molar-refractivity contribution in [1.29, 1.82) is 0 Å². The predicted molar refractivity (Wildman–Crippen MR) is 104 cm³/mol. The summed E-state index contributed by atoms with van der Waals surface area (Å²) in [6.07, 6.45) is 0.101. The van der Waals surface area contributed by atoms with Gasteiger partial charge in [0.05, 0.1) is 31.2 Å². The Morgan fingerprint density at radius 2 is 1.89 bits per heavy atom. The molecule has 0 aromatic heterocycles. The summed E-state index contributed by atoms with van der Waals surface area (Å²) in [5, 5.41) is 0.509. The molecule has 2 aromatic rings. The van der Waals surface area contributed by atoms with Crippen LogP contribution in [0.3, 0.4) is 0 Å². The van der Waals surface area contributed by atoms with E-state index in [4.69, 9.17) is 25.8 Å². The number of methoxy groups -OCH3 is 2. The number of benzene rings is 2. The lowest BCUT2D eigenvalue weighted by Gasteiger charge is -2.32. The number of nitrogens with zero attached hydrogens (tertiary/aromatic N) is 1. The van der Waals surface area contributed by atoms with E-state index < -0.39 is 11.9 Å². The Labute approximate surface area is 167 Å². The summed E-state index contributed by atoms with van der Waals surface area (Å²) in [6, 6.07) is 12.4. The number of para-hydroxylation sites is 1. The molecule has 1 unspecified atom stereocenters. The Balaban J connectivity index is 1.87. The molecule has 0 N–H and O–H groups in total. The van der Waals surface area contributed by atoms with Gasteiger partial charge in [0.25, 0.3) is 0 Å². The Bertz CT molecular complexity index is 1000. The van der Waals surface area contributed by atoms with E-state index in [1.807, 2.05) is 12.1 Å². The van der Waals surface area contributed by atoms with Crippen molar-refractivity contribution in [3.05, 3.63) is 64.3 Å². The molecule has 0 fully saturated rings. The molecule has 0 saturated heterocycles. The molecule has 1 atom stereocenters. The first-order valence-electron chi connectivity index (χ1n) is 8.74. The van der Waals surface area contributed by atoms with Gasteiger partial charge in [0.1, 0.15) is 6.61 Å². The Morgan fingerprint density at radius 1 is 1.11 bits per heavy atom. The van der Waals surface area contributed by atoms with E-state index in [1.165, 1.54) is 12.0 Å². The van der Waals surface area contributed by atoms with Crippen LogP contribution in [0.2, 0.25) is 5.02 Å². The second-order valence-electron chi connectivity index (χ2n) is 6.48. The van der Waals surface area contributed by atoms with Gasteiger partial charge in [-0.2, -0.15) is 0 Å². The number of esters is 1. The van der Waals surface area contributed by atoms with E-state index in [1.54, 1.807) is 37.4 Å². The van der Waals surface area contributed by atoms with Crippen LogP contribution >= 0.6 is 11.6 Å². The van der Waals surface area contributed by atoms with Crippen molar-refractivity contribution < 1.29 is 23.8 Å². The third kappa shape index (κ3) is 2.90.